The van der Waals surface area contributed by atoms with Crippen molar-refractivity contribution >= 4 is 28.2 Å². The summed E-state index contributed by atoms with van der Waals surface area (Å²) in [6.45, 7) is 2.27. The number of ether oxygens (including phenoxy) is 2. The van der Waals surface area contributed by atoms with E-state index in [2.05, 4.69) is 31.9 Å². The molecule has 0 atom stereocenters. The monoisotopic (exact) mass is 503 g/mol. The molecule has 5 rings (SSSR count). The van der Waals surface area contributed by atoms with Crippen LogP contribution in [0, 0.1) is 17.1 Å². The van der Waals surface area contributed by atoms with Gasteiger partial charge in [0.2, 0.25) is 11.1 Å². The second kappa shape index (κ2) is 10.6. The fourth-order valence-electron chi connectivity index (χ4n) is 3.76. The molecule has 1 aliphatic rings. The van der Waals surface area contributed by atoms with Crippen LogP contribution < -0.4 is 20.5 Å². The molecule has 1 fully saturated rings. The Hall–Kier alpha value is -4.27. The number of nitrogens with zero attached hydrogens (tertiary/aromatic N) is 5. The maximum atomic E-state index is 13.6. The van der Waals surface area contributed by atoms with Crippen molar-refractivity contribution in [3.63, 3.8) is 0 Å². The van der Waals surface area contributed by atoms with Crippen LogP contribution in [0.4, 0.5) is 21.3 Å². The van der Waals surface area contributed by atoms with Gasteiger partial charge in [0.25, 0.3) is 0 Å². The number of hydrogen-bond acceptors (Lipinski definition) is 10. The van der Waals surface area contributed by atoms with Gasteiger partial charge in [-0.1, -0.05) is 0 Å². The first kappa shape index (κ1) is 23.5. The summed E-state index contributed by atoms with van der Waals surface area (Å²) in [6.07, 6.45) is 0. The quantitative estimate of drug-likeness (QED) is 0.351. The third kappa shape index (κ3) is 5.05. The van der Waals surface area contributed by atoms with Crippen LogP contribution in [-0.2, 0) is 4.74 Å². The van der Waals surface area contributed by atoms with Gasteiger partial charge in [-0.15, -0.1) is 11.3 Å². The Morgan fingerprint density at radius 2 is 1.72 bits per heavy atom. The largest absolute Gasteiger partial charge is 0.497 e. The van der Waals surface area contributed by atoms with Crippen molar-refractivity contribution in [1.82, 2.24) is 15.0 Å². The molecule has 1 saturated heterocycles. The first-order chi connectivity index (χ1) is 17.6. The van der Waals surface area contributed by atoms with Gasteiger partial charge >= 0.3 is 0 Å². The topological polar surface area (TPSA) is 108 Å². The Bertz CT molecular complexity index is 1380. The Balaban J connectivity index is 1.43. The normalized spacial score (nSPS) is 13.2. The van der Waals surface area contributed by atoms with Gasteiger partial charge in [-0.2, -0.15) is 10.2 Å². The molecule has 0 radical (unpaired) electrons. The number of nitriles is 1. The third-order valence-electron chi connectivity index (χ3n) is 5.60. The predicted molar refractivity (Wildman–Crippen MR) is 137 cm³/mol. The van der Waals surface area contributed by atoms with Crippen molar-refractivity contribution in [2.75, 3.05) is 49.2 Å². The van der Waals surface area contributed by atoms with Gasteiger partial charge in [0.1, 0.15) is 23.2 Å². The molecule has 0 unspecified atom stereocenters. The summed E-state index contributed by atoms with van der Waals surface area (Å²) in [5.74, 6) is 1.17. The van der Waals surface area contributed by atoms with Crippen molar-refractivity contribution in [3.05, 3.63) is 65.3 Å². The zero-order chi connectivity index (χ0) is 24.9. The van der Waals surface area contributed by atoms with E-state index >= 15 is 0 Å². The summed E-state index contributed by atoms with van der Waals surface area (Å²) in [6, 6.07) is 15.8. The van der Waals surface area contributed by atoms with Crippen molar-refractivity contribution in [1.29, 1.82) is 5.26 Å². The van der Waals surface area contributed by atoms with Gasteiger partial charge in [-0.25, -0.2) is 14.4 Å². The number of thiazole rings is 1. The van der Waals surface area contributed by atoms with Crippen molar-refractivity contribution < 1.29 is 13.9 Å². The summed E-state index contributed by atoms with van der Waals surface area (Å²) >= 11 is 1.42. The number of rotatable bonds is 7. The zero-order valence-corrected chi connectivity index (χ0v) is 20.2. The predicted octanol–water partition coefficient (Wildman–Crippen LogP) is 4.56. The van der Waals surface area contributed by atoms with Crippen LogP contribution in [-0.4, -0.2) is 48.4 Å². The van der Waals surface area contributed by atoms with E-state index in [0.29, 0.717) is 54.1 Å². The minimum atomic E-state index is -0.365. The lowest BCUT2D eigenvalue weighted by atomic mass is 10.1. The van der Waals surface area contributed by atoms with E-state index < -0.39 is 0 Å². The number of aromatic nitrogens is 3. The van der Waals surface area contributed by atoms with Crippen molar-refractivity contribution in [3.8, 4) is 34.3 Å². The summed E-state index contributed by atoms with van der Waals surface area (Å²) in [7, 11) is 1.63. The highest BCUT2D eigenvalue weighted by Gasteiger charge is 2.22. The average molecular weight is 504 g/mol. The molecule has 0 aliphatic carbocycles. The van der Waals surface area contributed by atoms with Gasteiger partial charge in [0, 0.05) is 29.6 Å². The Morgan fingerprint density at radius 3 is 2.42 bits per heavy atom. The molecule has 182 valence electrons. The first-order valence-corrected chi connectivity index (χ1v) is 12.1. The molecule has 36 heavy (non-hydrogen) atoms. The minimum absolute atomic E-state index is 0.260. The molecule has 1 aliphatic heterocycles. The molecule has 9 nitrogen and oxygen atoms in total. The number of hydrogen-bond donors (Lipinski definition) is 2. The van der Waals surface area contributed by atoms with Crippen LogP contribution in [0.1, 0.15) is 5.56 Å². The van der Waals surface area contributed by atoms with E-state index in [1.165, 1.54) is 23.5 Å². The SMILES string of the molecule is COc1ccc(-c2csc(NNc3nc(-c4ccc(F)cc4)c(C#N)c(N4CCOCC4)n3)n2)cc1. The highest BCUT2D eigenvalue weighted by molar-refractivity contribution is 7.14. The summed E-state index contributed by atoms with van der Waals surface area (Å²) in [5, 5.41) is 12.5. The number of halogens is 1. The Morgan fingerprint density at radius 1 is 1.00 bits per heavy atom. The Kier molecular flexibility index (Phi) is 6.88. The van der Waals surface area contributed by atoms with Gasteiger partial charge < -0.3 is 14.4 Å². The van der Waals surface area contributed by atoms with E-state index in [1.807, 2.05) is 34.5 Å². The molecule has 0 saturated carbocycles. The molecule has 0 spiro atoms. The van der Waals surface area contributed by atoms with Crippen LogP contribution in [0.2, 0.25) is 0 Å². The number of anilines is 3. The molecule has 0 amide bonds. The lowest BCUT2D eigenvalue weighted by molar-refractivity contribution is 0.122. The minimum Gasteiger partial charge on any atom is -0.497 e. The average Bonchev–Trinajstić information content (AvgIpc) is 3.41. The summed E-state index contributed by atoms with van der Waals surface area (Å²) in [5.41, 5.74) is 9.19. The number of morpholine rings is 1. The third-order valence-corrected chi connectivity index (χ3v) is 6.36. The smallest absolute Gasteiger partial charge is 0.244 e. The van der Waals surface area contributed by atoms with Crippen LogP contribution in [0.3, 0.4) is 0 Å². The molecule has 3 heterocycles. The maximum Gasteiger partial charge on any atom is 0.244 e. The molecule has 0 bridgehead atoms. The highest BCUT2D eigenvalue weighted by atomic mass is 32.1. The standard InChI is InChI=1S/C25H22FN7O2S/c1-34-19-8-4-16(5-9-19)21-15-36-25(28-21)32-31-24-29-22(17-2-6-18(26)7-3-17)20(14-27)23(30-24)33-10-12-35-13-11-33/h2-9,15H,10-13H2,1H3,(H,28,32)(H,29,30,31). The number of nitrogens with one attached hydrogen (secondary N) is 2. The second-order valence-corrected chi connectivity index (χ2v) is 8.69. The van der Waals surface area contributed by atoms with E-state index in [0.717, 1.165) is 17.0 Å². The molecule has 2 aromatic heterocycles. The lowest BCUT2D eigenvalue weighted by Gasteiger charge is -2.29. The Labute approximate surface area is 211 Å². The van der Waals surface area contributed by atoms with Crippen LogP contribution >= 0.6 is 11.3 Å². The van der Waals surface area contributed by atoms with E-state index in [9.17, 15) is 9.65 Å². The summed E-state index contributed by atoms with van der Waals surface area (Å²) < 4.78 is 24.2. The summed E-state index contributed by atoms with van der Waals surface area (Å²) in [4.78, 5) is 15.8. The zero-order valence-electron chi connectivity index (χ0n) is 19.4. The van der Waals surface area contributed by atoms with E-state index in [1.54, 1.807) is 19.2 Å². The number of methoxy groups -OCH3 is 1. The van der Waals surface area contributed by atoms with Gasteiger partial charge in [-0.05, 0) is 48.5 Å². The molecule has 4 aromatic rings. The van der Waals surface area contributed by atoms with Gasteiger partial charge in [0.05, 0.1) is 31.7 Å². The van der Waals surface area contributed by atoms with E-state index in [4.69, 9.17) is 9.47 Å². The number of benzene rings is 2. The molecular formula is C25H22FN7O2S. The van der Waals surface area contributed by atoms with Gasteiger partial charge in [-0.3, -0.25) is 10.9 Å². The second-order valence-electron chi connectivity index (χ2n) is 7.83. The van der Waals surface area contributed by atoms with Crippen LogP contribution in [0.5, 0.6) is 5.75 Å². The fourth-order valence-corrected chi connectivity index (χ4v) is 4.44. The van der Waals surface area contributed by atoms with Crippen LogP contribution in [0.15, 0.2) is 53.9 Å². The molecule has 2 aromatic carbocycles. The lowest BCUT2D eigenvalue weighted by Crippen LogP contribution is -2.37. The maximum absolute atomic E-state index is 13.6. The van der Waals surface area contributed by atoms with Crippen molar-refractivity contribution in [2.45, 2.75) is 0 Å². The molecule has 2 N–H and O–H groups in total. The molecule has 11 heteroatoms. The van der Waals surface area contributed by atoms with Crippen molar-refractivity contribution in [2.24, 2.45) is 0 Å². The number of hydrazine groups is 1. The highest BCUT2D eigenvalue weighted by Crippen LogP contribution is 2.31. The molecular weight excluding hydrogens is 481 g/mol. The van der Waals surface area contributed by atoms with E-state index in [-0.39, 0.29) is 11.8 Å². The van der Waals surface area contributed by atoms with Crippen LogP contribution in [0.25, 0.3) is 22.5 Å². The van der Waals surface area contributed by atoms with Gasteiger partial charge in [0.15, 0.2) is 5.82 Å². The first-order valence-electron chi connectivity index (χ1n) is 11.2. The fraction of sp³-hybridized carbons (Fsp3) is 0.200.